The van der Waals surface area contributed by atoms with Gasteiger partial charge >= 0.3 is 7.12 Å². The van der Waals surface area contributed by atoms with Gasteiger partial charge in [-0.25, -0.2) is 4.98 Å². The minimum atomic E-state index is -1.61. The zero-order chi connectivity index (χ0) is 10.9. The standard InChI is InChI=1S/C8H13BN2O3/c1-8(2,12)6-3-5(9(13)14)4-11-7(6)10/h3-4,12-14H,1-2H3,(H2,10,11). The number of hydrogen-bond acceptors (Lipinski definition) is 5. The molecule has 14 heavy (non-hydrogen) atoms. The minimum absolute atomic E-state index is 0.182. The SMILES string of the molecule is CC(C)(O)c1cc(B(O)O)cnc1N. The molecule has 6 heteroatoms. The van der Waals surface area contributed by atoms with Crippen molar-refractivity contribution in [1.82, 2.24) is 4.98 Å². The molecule has 5 N–H and O–H groups in total. The van der Waals surface area contributed by atoms with E-state index in [0.29, 0.717) is 5.56 Å². The van der Waals surface area contributed by atoms with E-state index in [2.05, 4.69) is 4.98 Å². The van der Waals surface area contributed by atoms with Gasteiger partial charge in [-0.15, -0.1) is 0 Å². The van der Waals surface area contributed by atoms with Crippen LogP contribution in [0.3, 0.4) is 0 Å². The summed E-state index contributed by atoms with van der Waals surface area (Å²) >= 11 is 0. The Kier molecular flexibility index (Phi) is 2.80. The maximum absolute atomic E-state index is 9.69. The molecule has 1 rings (SSSR count). The summed E-state index contributed by atoms with van der Waals surface area (Å²) in [5.41, 5.74) is 4.97. The molecule has 0 spiro atoms. The number of nitrogens with two attached hydrogens (primary N) is 1. The van der Waals surface area contributed by atoms with Crippen molar-refractivity contribution in [3.05, 3.63) is 17.8 Å². The van der Waals surface area contributed by atoms with Crippen molar-refractivity contribution in [1.29, 1.82) is 0 Å². The summed E-state index contributed by atoms with van der Waals surface area (Å²) in [7, 11) is -1.61. The molecule has 5 nitrogen and oxygen atoms in total. The molecule has 0 bridgehead atoms. The lowest BCUT2D eigenvalue weighted by molar-refractivity contribution is 0.0792. The molecule has 0 unspecified atom stereocenters. The van der Waals surface area contributed by atoms with Gasteiger partial charge in [0.15, 0.2) is 0 Å². The largest absolute Gasteiger partial charge is 0.490 e. The van der Waals surface area contributed by atoms with Crippen LogP contribution in [0.2, 0.25) is 0 Å². The lowest BCUT2D eigenvalue weighted by atomic mass is 9.79. The second-order valence-corrected chi connectivity index (χ2v) is 3.63. The van der Waals surface area contributed by atoms with Crippen molar-refractivity contribution in [2.24, 2.45) is 0 Å². The average Bonchev–Trinajstić information content (AvgIpc) is 2.02. The fourth-order valence-electron chi connectivity index (χ4n) is 1.12. The summed E-state index contributed by atoms with van der Waals surface area (Å²) < 4.78 is 0. The molecule has 1 aromatic rings. The maximum atomic E-state index is 9.69. The smallest absolute Gasteiger partial charge is 0.423 e. The monoisotopic (exact) mass is 196 g/mol. The highest BCUT2D eigenvalue weighted by Gasteiger charge is 2.22. The summed E-state index contributed by atoms with van der Waals surface area (Å²) in [6.45, 7) is 3.10. The van der Waals surface area contributed by atoms with Crippen molar-refractivity contribution in [3.63, 3.8) is 0 Å². The second kappa shape index (κ2) is 3.57. The van der Waals surface area contributed by atoms with Gasteiger partial charge < -0.3 is 20.9 Å². The number of pyridine rings is 1. The summed E-state index contributed by atoms with van der Waals surface area (Å²) in [5.74, 6) is 0.182. The van der Waals surface area contributed by atoms with Crippen LogP contribution < -0.4 is 11.2 Å². The van der Waals surface area contributed by atoms with Crippen LogP contribution in [0.25, 0.3) is 0 Å². The molecule has 1 heterocycles. The highest BCUT2D eigenvalue weighted by molar-refractivity contribution is 6.58. The molecule has 0 atom stereocenters. The second-order valence-electron chi connectivity index (χ2n) is 3.63. The molecule has 0 aliphatic carbocycles. The van der Waals surface area contributed by atoms with Crippen LogP contribution in [0.4, 0.5) is 5.82 Å². The summed E-state index contributed by atoms with van der Waals surface area (Å²) in [6, 6.07) is 1.42. The Morgan fingerprint density at radius 3 is 2.43 bits per heavy atom. The molecule has 0 fully saturated rings. The maximum Gasteiger partial charge on any atom is 0.490 e. The highest BCUT2D eigenvalue weighted by Crippen LogP contribution is 2.22. The van der Waals surface area contributed by atoms with E-state index < -0.39 is 12.7 Å². The van der Waals surface area contributed by atoms with Crippen molar-refractivity contribution in [3.8, 4) is 0 Å². The van der Waals surface area contributed by atoms with E-state index in [4.69, 9.17) is 15.8 Å². The Morgan fingerprint density at radius 2 is 2.00 bits per heavy atom. The van der Waals surface area contributed by atoms with E-state index in [-0.39, 0.29) is 11.3 Å². The van der Waals surface area contributed by atoms with Gasteiger partial charge in [0.1, 0.15) is 5.82 Å². The van der Waals surface area contributed by atoms with Crippen LogP contribution in [0.1, 0.15) is 19.4 Å². The van der Waals surface area contributed by atoms with Crippen LogP contribution in [0.15, 0.2) is 12.3 Å². The molecule has 0 aliphatic rings. The van der Waals surface area contributed by atoms with Crippen LogP contribution in [0.5, 0.6) is 0 Å². The van der Waals surface area contributed by atoms with E-state index in [9.17, 15) is 5.11 Å². The topological polar surface area (TPSA) is 99.6 Å². The normalized spacial score (nSPS) is 11.5. The molecule has 0 aromatic carbocycles. The average molecular weight is 196 g/mol. The third kappa shape index (κ3) is 2.23. The predicted molar refractivity (Wildman–Crippen MR) is 53.7 cm³/mol. The van der Waals surface area contributed by atoms with Gasteiger partial charge in [-0.05, 0) is 13.8 Å². The first-order chi connectivity index (χ1) is 6.32. The lowest BCUT2D eigenvalue weighted by Gasteiger charge is -2.19. The van der Waals surface area contributed by atoms with E-state index in [1.807, 2.05) is 0 Å². The first kappa shape index (κ1) is 11.0. The number of anilines is 1. The highest BCUT2D eigenvalue weighted by atomic mass is 16.4. The van der Waals surface area contributed by atoms with Crippen molar-refractivity contribution < 1.29 is 15.2 Å². The molecular formula is C8H13BN2O3. The first-order valence-electron chi connectivity index (χ1n) is 4.17. The summed E-state index contributed by atoms with van der Waals surface area (Å²) in [6.07, 6.45) is 1.26. The lowest BCUT2D eigenvalue weighted by Crippen LogP contribution is -2.32. The van der Waals surface area contributed by atoms with Gasteiger partial charge in [0, 0.05) is 17.2 Å². The fourth-order valence-corrected chi connectivity index (χ4v) is 1.12. The van der Waals surface area contributed by atoms with Gasteiger partial charge in [-0.2, -0.15) is 0 Å². The third-order valence-corrected chi connectivity index (χ3v) is 1.90. The number of aliphatic hydroxyl groups is 1. The number of hydrogen-bond donors (Lipinski definition) is 4. The Balaban J connectivity index is 3.22. The van der Waals surface area contributed by atoms with E-state index in [0.717, 1.165) is 0 Å². The van der Waals surface area contributed by atoms with Crippen LogP contribution in [0, 0.1) is 0 Å². The Hall–Kier alpha value is -1.11. The van der Waals surface area contributed by atoms with E-state index in [1.165, 1.54) is 12.3 Å². The molecule has 0 amide bonds. The van der Waals surface area contributed by atoms with Gasteiger partial charge in [0.25, 0.3) is 0 Å². The third-order valence-electron chi connectivity index (χ3n) is 1.90. The van der Waals surface area contributed by atoms with Gasteiger partial charge in [-0.1, -0.05) is 6.07 Å². The Bertz CT molecular complexity index is 336. The van der Waals surface area contributed by atoms with Gasteiger partial charge in [-0.3, -0.25) is 0 Å². The van der Waals surface area contributed by atoms with Crippen LogP contribution in [-0.4, -0.2) is 27.3 Å². The molecular weight excluding hydrogens is 183 g/mol. The summed E-state index contributed by atoms with van der Waals surface area (Å²) in [5, 5.41) is 27.5. The number of nitrogen functional groups attached to an aromatic ring is 1. The van der Waals surface area contributed by atoms with Gasteiger partial charge in [0.2, 0.25) is 0 Å². The zero-order valence-electron chi connectivity index (χ0n) is 8.10. The van der Waals surface area contributed by atoms with Gasteiger partial charge in [0.05, 0.1) is 5.60 Å². The number of rotatable bonds is 2. The molecule has 0 aliphatic heterocycles. The molecule has 0 saturated heterocycles. The van der Waals surface area contributed by atoms with Crippen molar-refractivity contribution in [2.75, 3.05) is 5.73 Å². The molecule has 0 radical (unpaired) electrons. The predicted octanol–water partition coefficient (Wildman–Crippen LogP) is -1.43. The Morgan fingerprint density at radius 1 is 1.43 bits per heavy atom. The number of aromatic nitrogens is 1. The molecule has 76 valence electrons. The van der Waals surface area contributed by atoms with Crippen LogP contribution in [-0.2, 0) is 5.60 Å². The van der Waals surface area contributed by atoms with Crippen molar-refractivity contribution in [2.45, 2.75) is 19.4 Å². The zero-order valence-corrected chi connectivity index (χ0v) is 8.10. The van der Waals surface area contributed by atoms with E-state index >= 15 is 0 Å². The molecule has 1 aromatic heterocycles. The van der Waals surface area contributed by atoms with Crippen LogP contribution >= 0.6 is 0 Å². The quantitative estimate of drug-likeness (QED) is 0.434. The fraction of sp³-hybridized carbons (Fsp3) is 0.375. The molecule has 0 saturated carbocycles. The number of nitrogens with zero attached hydrogens (tertiary/aromatic N) is 1. The summed E-state index contributed by atoms with van der Waals surface area (Å²) in [4.78, 5) is 3.76. The van der Waals surface area contributed by atoms with Crippen molar-refractivity contribution >= 4 is 18.4 Å². The first-order valence-corrected chi connectivity index (χ1v) is 4.17. The van der Waals surface area contributed by atoms with E-state index in [1.54, 1.807) is 13.8 Å². The Labute approximate surface area is 82.4 Å². The minimum Gasteiger partial charge on any atom is -0.423 e.